The Labute approximate surface area is 199 Å². The number of ether oxygens (including phenoxy) is 1. The first kappa shape index (κ1) is 20.5. The Morgan fingerprint density at radius 1 is 0.765 bits per heavy atom. The number of imidazole rings is 1. The average molecular weight is 443 g/mol. The SMILES string of the molecule is COc1ccc2cc(C(C)c3nc4ccccc4n3Cc3cccc4ccccc34)ccc2c1. The van der Waals surface area contributed by atoms with Crippen LogP contribution in [0.5, 0.6) is 5.75 Å². The number of nitrogens with zero attached hydrogens (tertiary/aromatic N) is 2. The first-order valence-corrected chi connectivity index (χ1v) is 11.7. The second-order valence-corrected chi connectivity index (χ2v) is 8.88. The topological polar surface area (TPSA) is 27.1 Å². The second kappa shape index (κ2) is 8.35. The summed E-state index contributed by atoms with van der Waals surface area (Å²) in [6.07, 6.45) is 0. The third kappa shape index (κ3) is 3.50. The Hall–Kier alpha value is -4.11. The lowest BCUT2D eigenvalue weighted by atomic mass is 9.96. The summed E-state index contributed by atoms with van der Waals surface area (Å²) in [7, 11) is 1.71. The van der Waals surface area contributed by atoms with Gasteiger partial charge in [-0.3, -0.25) is 0 Å². The fraction of sp³-hybridized carbons (Fsp3) is 0.129. The van der Waals surface area contributed by atoms with Gasteiger partial charge in [-0.25, -0.2) is 4.98 Å². The highest BCUT2D eigenvalue weighted by Crippen LogP contribution is 2.32. The summed E-state index contributed by atoms with van der Waals surface area (Å²) in [4.78, 5) is 5.12. The summed E-state index contributed by atoms with van der Waals surface area (Å²) in [5.74, 6) is 2.11. The Bertz CT molecular complexity index is 1640. The van der Waals surface area contributed by atoms with Crippen LogP contribution in [0.4, 0.5) is 0 Å². The van der Waals surface area contributed by atoms with Crippen LogP contribution in [-0.2, 0) is 6.54 Å². The Morgan fingerprint density at radius 3 is 2.44 bits per heavy atom. The number of hydrogen-bond acceptors (Lipinski definition) is 2. The maximum absolute atomic E-state index is 5.39. The van der Waals surface area contributed by atoms with Crippen molar-refractivity contribution in [2.75, 3.05) is 7.11 Å². The Kier molecular flexibility index (Phi) is 5.03. The van der Waals surface area contributed by atoms with Crippen LogP contribution in [-0.4, -0.2) is 16.7 Å². The Morgan fingerprint density at radius 2 is 1.53 bits per heavy atom. The molecule has 0 aliphatic carbocycles. The minimum Gasteiger partial charge on any atom is -0.497 e. The van der Waals surface area contributed by atoms with Crippen molar-refractivity contribution in [3.63, 3.8) is 0 Å². The molecule has 166 valence electrons. The summed E-state index contributed by atoms with van der Waals surface area (Å²) in [6.45, 7) is 3.04. The zero-order valence-electron chi connectivity index (χ0n) is 19.4. The number of aromatic nitrogens is 2. The van der Waals surface area contributed by atoms with Crippen LogP contribution in [0, 0.1) is 0 Å². The molecular formula is C31H26N2O. The monoisotopic (exact) mass is 442 g/mol. The van der Waals surface area contributed by atoms with Crippen molar-refractivity contribution in [2.24, 2.45) is 0 Å². The van der Waals surface area contributed by atoms with E-state index in [1.54, 1.807) is 7.11 Å². The second-order valence-electron chi connectivity index (χ2n) is 8.88. The normalized spacial score (nSPS) is 12.4. The van der Waals surface area contributed by atoms with Crippen molar-refractivity contribution in [2.45, 2.75) is 19.4 Å². The summed E-state index contributed by atoms with van der Waals surface area (Å²) in [6, 6.07) is 36.5. The molecule has 0 saturated carbocycles. The molecule has 1 heterocycles. The minimum atomic E-state index is 0.147. The van der Waals surface area contributed by atoms with Crippen LogP contribution in [0.25, 0.3) is 32.6 Å². The van der Waals surface area contributed by atoms with Crippen LogP contribution in [0.2, 0.25) is 0 Å². The van der Waals surface area contributed by atoms with E-state index < -0.39 is 0 Å². The van der Waals surface area contributed by atoms with Crippen molar-refractivity contribution in [1.29, 1.82) is 0 Å². The quantitative estimate of drug-likeness (QED) is 0.276. The molecule has 5 aromatic carbocycles. The molecule has 0 spiro atoms. The van der Waals surface area contributed by atoms with E-state index in [1.165, 1.54) is 38.2 Å². The number of rotatable bonds is 5. The van der Waals surface area contributed by atoms with E-state index in [0.29, 0.717) is 0 Å². The molecule has 1 aromatic heterocycles. The van der Waals surface area contributed by atoms with Gasteiger partial charge in [0.2, 0.25) is 0 Å². The standard InChI is InChI=1S/C31H26N2O/c1-21(23-14-15-25-19-27(34-2)17-16-24(25)18-23)31-32-29-12-5-6-13-30(29)33(31)20-26-10-7-9-22-8-3-4-11-28(22)26/h3-19,21H,20H2,1-2H3. The lowest BCUT2D eigenvalue weighted by Gasteiger charge is -2.17. The zero-order valence-corrected chi connectivity index (χ0v) is 19.4. The molecule has 0 saturated heterocycles. The fourth-order valence-corrected chi connectivity index (χ4v) is 4.98. The third-order valence-electron chi connectivity index (χ3n) is 6.85. The molecule has 3 nitrogen and oxygen atoms in total. The molecule has 0 radical (unpaired) electrons. The van der Waals surface area contributed by atoms with Gasteiger partial charge >= 0.3 is 0 Å². The molecule has 6 aromatic rings. The van der Waals surface area contributed by atoms with Crippen molar-refractivity contribution < 1.29 is 4.74 Å². The van der Waals surface area contributed by atoms with Crippen LogP contribution < -0.4 is 4.74 Å². The van der Waals surface area contributed by atoms with Gasteiger partial charge in [-0.1, -0.05) is 85.8 Å². The van der Waals surface area contributed by atoms with E-state index in [0.717, 1.165) is 23.6 Å². The van der Waals surface area contributed by atoms with E-state index in [4.69, 9.17) is 9.72 Å². The fourth-order valence-electron chi connectivity index (χ4n) is 4.98. The molecule has 0 N–H and O–H groups in total. The molecule has 1 unspecified atom stereocenters. The smallest absolute Gasteiger partial charge is 0.119 e. The van der Waals surface area contributed by atoms with Crippen molar-refractivity contribution in [3.8, 4) is 5.75 Å². The van der Waals surface area contributed by atoms with Gasteiger partial charge in [0.15, 0.2) is 0 Å². The first-order valence-electron chi connectivity index (χ1n) is 11.7. The van der Waals surface area contributed by atoms with Crippen molar-refractivity contribution in [1.82, 2.24) is 9.55 Å². The number of para-hydroxylation sites is 2. The molecule has 3 heteroatoms. The largest absolute Gasteiger partial charge is 0.497 e. The van der Waals surface area contributed by atoms with Gasteiger partial charge in [0.1, 0.15) is 11.6 Å². The predicted molar refractivity (Wildman–Crippen MR) is 141 cm³/mol. The minimum absolute atomic E-state index is 0.147. The van der Waals surface area contributed by atoms with Crippen LogP contribution in [0.1, 0.15) is 29.8 Å². The molecule has 0 amide bonds. The molecule has 0 bridgehead atoms. The first-order chi connectivity index (χ1) is 16.7. The highest BCUT2D eigenvalue weighted by atomic mass is 16.5. The average Bonchev–Trinajstić information content (AvgIpc) is 3.26. The van der Waals surface area contributed by atoms with Gasteiger partial charge < -0.3 is 9.30 Å². The molecule has 0 aliphatic rings. The summed E-state index contributed by atoms with van der Waals surface area (Å²) >= 11 is 0. The van der Waals surface area contributed by atoms with E-state index >= 15 is 0 Å². The highest BCUT2D eigenvalue weighted by Gasteiger charge is 2.19. The summed E-state index contributed by atoms with van der Waals surface area (Å²) in [5, 5.41) is 4.95. The zero-order chi connectivity index (χ0) is 23.1. The number of methoxy groups -OCH3 is 1. The van der Waals surface area contributed by atoms with Gasteiger partial charge in [-0.2, -0.15) is 0 Å². The molecule has 0 aliphatic heterocycles. The van der Waals surface area contributed by atoms with Crippen LogP contribution in [0.3, 0.4) is 0 Å². The maximum atomic E-state index is 5.39. The van der Waals surface area contributed by atoms with E-state index in [2.05, 4.69) is 109 Å². The lowest BCUT2D eigenvalue weighted by Crippen LogP contribution is -2.09. The molecule has 0 fully saturated rings. The number of hydrogen-bond donors (Lipinski definition) is 0. The van der Waals surface area contributed by atoms with Gasteiger partial charge in [0, 0.05) is 12.5 Å². The van der Waals surface area contributed by atoms with Crippen molar-refractivity contribution >= 4 is 32.6 Å². The van der Waals surface area contributed by atoms with Gasteiger partial charge in [0.05, 0.1) is 18.1 Å². The number of fused-ring (bicyclic) bond motifs is 3. The van der Waals surface area contributed by atoms with Crippen LogP contribution >= 0.6 is 0 Å². The van der Waals surface area contributed by atoms with E-state index in [1.807, 2.05) is 6.07 Å². The lowest BCUT2D eigenvalue weighted by molar-refractivity contribution is 0.415. The van der Waals surface area contributed by atoms with E-state index in [9.17, 15) is 0 Å². The van der Waals surface area contributed by atoms with Crippen molar-refractivity contribution in [3.05, 3.63) is 120 Å². The molecule has 1 atom stereocenters. The predicted octanol–water partition coefficient (Wildman–Crippen LogP) is 7.55. The van der Waals surface area contributed by atoms with Gasteiger partial charge in [-0.15, -0.1) is 0 Å². The summed E-state index contributed by atoms with van der Waals surface area (Å²) < 4.78 is 7.78. The molecular weight excluding hydrogens is 416 g/mol. The third-order valence-corrected chi connectivity index (χ3v) is 6.85. The van der Waals surface area contributed by atoms with Crippen LogP contribution in [0.15, 0.2) is 103 Å². The molecule has 6 rings (SSSR count). The highest BCUT2D eigenvalue weighted by molar-refractivity contribution is 5.86. The van der Waals surface area contributed by atoms with Gasteiger partial charge in [-0.05, 0) is 56.9 Å². The van der Waals surface area contributed by atoms with Gasteiger partial charge in [0.25, 0.3) is 0 Å². The maximum Gasteiger partial charge on any atom is 0.119 e. The molecule has 34 heavy (non-hydrogen) atoms. The Balaban J connectivity index is 1.47. The van der Waals surface area contributed by atoms with E-state index in [-0.39, 0.29) is 5.92 Å². The summed E-state index contributed by atoms with van der Waals surface area (Å²) in [5.41, 5.74) is 4.77. The number of benzene rings is 5.